The van der Waals surface area contributed by atoms with E-state index in [-0.39, 0.29) is 0 Å². The molecule has 86 valence electrons. The monoisotopic (exact) mass is 210 g/mol. The van der Waals surface area contributed by atoms with Crippen LogP contribution in [0.5, 0.6) is 0 Å². The summed E-state index contributed by atoms with van der Waals surface area (Å²) in [7, 11) is 4.20. The number of nitrogens with one attached hydrogen (secondary N) is 1. The van der Waals surface area contributed by atoms with Gasteiger partial charge in [0.15, 0.2) is 0 Å². The Hall–Kier alpha value is -1.03. The molecule has 0 bridgehead atoms. The second-order valence-electron chi connectivity index (χ2n) is 4.14. The highest BCUT2D eigenvalue weighted by Crippen LogP contribution is 2.07. The van der Waals surface area contributed by atoms with Crippen LogP contribution in [-0.2, 0) is 6.54 Å². The highest BCUT2D eigenvalue weighted by atomic mass is 15.2. The van der Waals surface area contributed by atoms with Gasteiger partial charge in [-0.05, 0) is 27.4 Å². The molecule has 0 aliphatic heterocycles. The predicted molar refractivity (Wildman–Crippen MR) is 64.2 cm³/mol. The minimum atomic E-state index is 0.515. The maximum absolute atomic E-state index is 4.30. The van der Waals surface area contributed by atoms with Gasteiger partial charge in [-0.3, -0.25) is 0 Å². The lowest BCUT2D eigenvalue weighted by Gasteiger charge is -2.21. The number of aromatic nitrogens is 2. The SMILES string of the molecule is CCCNc1nccn1CC(C)N(C)C. The molecule has 4 heteroatoms. The fourth-order valence-corrected chi connectivity index (χ4v) is 1.31. The fourth-order valence-electron chi connectivity index (χ4n) is 1.31. The summed E-state index contributed by atoms with van der Waals surface area (Å²) in [6, 6.07) is 0.515. The van der Waals surface area contributed by atoms with Gasteiger partial charge >= 0.3 is 0 Å². The normalized spacial score (nSPS) is 13.1. The van der Waals surface area contributed by atoms with E-state index in [1.165, 1.54) is 0 Å². The molecule has 0 saturated carbocycles. The number of imidazole rings is 1. The van der Waals surface area contributed by atoms with E-state index >= 15 is 0 Å². The molecule has 0 amide bonds. The van der Waals surface area contributed by atoms with E-state index in [1.54, 1.807) is 0 Å². The molecule has 0 aliphatic rings. The number of likely N-dealkylation sites (N-methyl/N-ethyl adjacent to an activating group) is 1. The molecule has 0 aliphatic carbocycles. The Morgan fingerprint density at radius 2 is 2.27 bits per heavy atom. The van der Waals surface area contributed by atoms with E-state index in [4.69, 9.17) is 0 Å². The molecule has 1 rings (SSSR count). The topological polar surface area (TPSA) is 33.1 Å². The molecular weight excluding hydrogens is 188 g/mol. The minimum absolute atomic E-state index is 0.515. The van der Waals surface area contributed by atoms with Gasteiger partial charge in [0, 0.05) is 31.5 Å². The summed E-state index contributed by atoms with van der Waals surface area (Å²) in [5, 5.41) is 3.32. The lowest BCUT2D eigenvalue weighted by Crippen LogP contribution is -2.29. The number of rotatable bonds is 6. The molecule has 0 radical (unpaired) electrons. The number of hydrogen-bond donors (Lipinski definition) is 1. The van der Waals surface area contributed by atoms with Gasteiger partial charge in [-0.2, -0.15) is 0 Å². The third kappa shape index (κ3) is 3.55. The van der Waals surface area contributed by atoms with Crippen LogP contribution in [0.4, 0.5) is 5.95 Å². The maximum Gasteiger partial charge on any atom is 0.202 e. The first-order valence-electron chi connectivity index (χ1n) is 5.56. The van der Waals surface area contributed by atoms with E-state index < -0.39 is 0 Å². The van der Waals surface area contributed by atoms with Gasteiger partial charge in [0.1, 0.15) is 0 Å². The molecule has 1 heterocycles. The standard InChI is InChI=1S/C11H22N4/c1-5-6-12-11-13-7-8-15(11)9-10(2)14(3)4/h7-8,10H,5-6,9H2,1-4H3,(H,12,13). The smallest absolute Gasteiger partial charge is 0.202 e. The highest BCUT2D eigenvalue weighted by molar-refractivity contribution is 5.25. The van der Waals surface area contributed by atoms with Crippen molar-refractivity contribution in [3.8, 4) is 0 Å². The molecule has 0 spiro atoms. The van der Waals surface area contributed by atoms with Gasteiger partial charge in [-0.15, -0.1) is 0 Å². The Morgan fingerprint density at radius 3 is 2.87 bits per heavy atom. The summed E-state index contributed by atoms with van der Waals surface area (Å²) in [5.41, 5.74) is 0. The molecule has 0 fully saturated rings. The summed E-state index contributed by atoms with van der Waals surface area (Å²) < 4.78 is 2.17. The summed E-state index contributed by atoms with van der Waals surface area (Å²) >= 11 is 0. The van der Waals surface area contributed by atoms with Crippen molar-refractivity contribution in [2.45, 2.75) is 32.9 Å². The summed E-state index contributed by atoms with van der Waals surface area (Å²) in [6.07, 6.45) is 4.99. The lowest BCUT2D eigenvalue weighted by molar-refractivity contribution is 0.285. The molecule has 1 unspecified atom stereocenters. The van der Waals surface area contributed by atoms with Crippen molar-refractivity contribution in [3.63, 3.8) is 0 Å². The molecule has 1 aromatic heterocycles. The Kier molecular flexibility index (Phi) is 4.62. The summed E-state index contributed by atoms with van der Waals surface area (Å²) in [5.74, 6) is 0.977. The fraction of sp³-hybridized carbons (Fsp3) is 0.727. The van der Waals surface area contributed by atoms with Crippen molar-refractivity contribution in [3.05, 3.63) is 12.4 Å². The summed E-state index contributed by atoms with van der Waals surface area (Å²) in [4.78, 5) is 6.51. The first kappa shape index (κ1) is 12.0. The van der Waals surface area contributed by atoms with Crippen molar-refractivity contribution >= 4 is 5.95 Å². The van der Waals surface area contributed by atoms with Gasteiger partial charge < -0.3 is 14.8 Å². The maximum atomic E-state index is 4.30. The average molecular weight is 210 g/mol. The first-order chi connectivity index (χ1) is 7.15. The molecular formula is C11H22N4. The zero-order valence-electron chi connectivity index (χ0n) is 10.2. The van der Waals surface area contributed by atoms with Crippen LogP contribution >= 0.6 is 0 Å². The van der Waals surface area contributed by atoms with E-state index in [0.717, 1.165) is 25.5 Å². The van der Waals surface area contributed by atoms with E-state index in [2.05, 4.69) is 47.7 Å². The van der Waals surface area contributed by atoms with Crippen molar-refractivity contribution in [2.24, 2.45) is 0 Å². The Labute approximate surface area is 92.3 Å². The largest absolute Gasteiger partial charge is 0.356 e. The Balaban J connectivity index is 2.56. The van der Waals surface area contributed by atoms with Crippen LogP contribution in [0, 0.1) is 0 Å². The third-order valence-electron chi connectivity index (χ3n) is 2.59. The van der Waals surface area contributed by atoms with E-state index in [9.17, 15) is 0 Å². The molecule has 1 aromatic rings. The van der Waals surface area contributed by atoms with Crippen LogP contribution in [0.2, 0.25) is 0 Å². The van der Waals surface area contributed by atoms with E-state index in [0.29, 0.717) is 6.04 Å². The minimum Gasteiger partial charge on any atom is -0.356 e. The molecule has 4 nitrogen and oxygen atoms in total. The molecule has 1 atom stereocenters. The zero-order valence-corrected chi connectivity index (χ0v) is 10.2. The summed E-state index contributed by atoms with van der Waals surface area (Å²) in [6.45, 7) is 6.32. The highest BCUT2D eigenvalue weighted by Gasteiger charge is 2.08. The molecule has 1 N–H and O–H groups in total. The van der Waals surface area contributed by atoms with Crippen molar-refractivity contribution in [1.29, 1.82) is 0 Å². The van der Waals surface area contributed by atoms with Crippen LogP contribution in [-0.4, -0.2) is 41.1 Å². The van der Waals surface area contributed by atoms with Gasteiger partial charge in [-0.25, -0.2) is 4.98 Å². The van der Waals surface area contributed by atoms with Crippen molar-refractivity contribution in [1.82, 2.24) is 14.5 Å². The zero-order chi connectivity index (χ0) is 11.3. The average Bonchev–Trinajstić information content (AvgIpc) is 2.62. The van der Waals surface area contributed by atoms with Crippen molar-refractivity contribution in [2.75, 3.05) is 26.0 Å². The van der Waals surface area contributed by atoms with Crippen LogP contribution in [0.1, 0.15) is 20.3 Å². The van der Waals surface area contributed by atoms with Gasteiger partial charge in [0.2, 0.25) is 5.95 Å². The van der Waals surface area contributed by atoms with Crippen LogP contribution in [0.25, 0.3) is 0 Å². The Morgan fingerprint density at radius 1 is 1.53 bits per heavy atom. The lowest BCUT2D eigenvalue weighted by atomic mass is 10.3. The quantitative estimate of drug-likeness (QED) is 0.775. The number of anilines is 1. The van der Waals surface area contributed by atoms with Crippen molar-refractivity contribution < 1.29 is 0 Å². The third-order valence-corrected chi connectivity index (χ3v) is 2.59. The first-order valence-corrected chi connectivity index (χ1v) is 5.56. The van der Waals surface area contributed by atoms with Gasteiger partial charge in [0.25, 0.3) is 0 Å². The molecule has 0 aromatic carbocycles. The Bertz CT molecular complexity index is 280. The number of hydrogen-bond acceptors (Lipinski definition) is 3. The predicted octanol–water partition coefficient (Wildman–Crippen LogP) is 1.66. The second kappa shape index (κ2) is 5.75. The molecule has 0 saturated heterocycles. The van der Waals surface area contributed by atoms with Crippen LogP contribution < -0.4 is 5.32 Å². The number of nitrogens with zero attached hydrogens (tertiary/aromatic N) is 3. The molecule has 15 heavy (non-hydrogen) atoms. The van der Waals surface area contributed by atoms with Gasteiger partial charge in [-0.1, -0.05) is 6.92 Å². The van der Waals surface area contributed by atoms with E-state index in [1.807, 2.05) is 12.4 Å². The van der Waals surface area contributed by atoms with Crippen LogP contribution in [0.15, 0.2) is 12.4 Å². The van der Waals surface area contributed by atoms with Crippen LogP contribution in [0.3, 0.4) is 0 Å². The van der Waals surface area contributed by atoms with Gasteiger partial charge in [0.05, 0.1) is 0 Å². The second-order valence-corrected chi connectivity index (χ2v) is 4.14.